The lowest BCUT2D eigenvalue weighted by Gasteiger charge is -2.36. The van der Waals surface area contributed by atoms with Crippen LogP contribution >= 0.6 is 0 Å². The van der Waals surface area contributed by atoms with Crippen LogP contribution in [0, 0.1) is 0 Å². The second-order valence-electron chi connectivity index (χ2n) is 7.82. The summed E-state index contributed by atoms with van der Waals surface area (Å²) in [6.45, 7) is 12.8. The number of anilines is 2. The van der Waals surface area contributed by atoms with E-state index in [-0.39, 0.29) is 12.1 Å². The zero-order valence-electron chi connectivity index (χ0n) is 17.9. The highest BCUT2D eigenvalue weighted by Crippen LogP contribution is 2.32. The van der Waals surface area contributed by atoms with E-state index in [0.29, 0.717) is 18.2 Å². The number of amides is 2. The van der Waals surface area contributed by atoms with Crippen molar-refractivity contribution >= 4 is 23.4 Å². The van der Waals surface area contributed by atoms with E-state index in [2.05, 4.69) is 41.8 Å². The van der Waals surface area contributed by atoms with Crippen molar-refractivity contribution in [1.29, 1.82) is 0 Å². The molecule has 0 spiro atoms. The van der Waals surface area contributed by atoms with Gasteiger partial charge in [0.2, 0.25) is 0 Å². The summed E-state index contributed by atoms with van der Waals surface area (Å²) in [6.07, 6.45) is 6.62. The zero-order chi connectivity index (χ0) is 21.5. The molecule has 0 aromatic carbocycles. The highest BCUT2D eigenvalue weighted by Gasteiger charge is 2.32. The van der Waals surface area contributed by atoms with Crippen LogP contribution in [-0.4, -0.2) is 28.6 Å². The maximum Gasteiger partial charge on any atom is 0.328 e. The number of rotatable bonds is 8. The van der Waals surface area contributed by atoms with Crippen LogP contribution < -0.4 is 15.5 Å². The number of aryl methyl sites for hydroxylation is 1. The van der Waals surface area contributed by atoms with E-state index in [1.165, 1.54) is 0 Å². The number of hydrogen-bond acceptors (Lipinski definition) is 4. The van der Waals surface area contributed by atoms with E-state index in [9.17, 15) is 4.79 Å². The fraction of sp³-hybridized carbons (Fsp3) is 0.375. The summed E-state index contributed by atoms with van der Waals surface area (Å²) >= 11 is 0. The maximum atomic E-state index is 13.3. The van der Waals surface area contributed by atoms with Crippen molar-refractivity contribution in [2.75, 3.05) is 16.8 Å². The van der Waals surface area contributed by atoms with Gasteiger partial charge >= 0.3 is 6.03 Å². The Morgan fingerprint density at radius 2 is 2.10 bits per heavy atom. The Bertz CT molecular complexity index is 909. The number of fused-ring (bicyclic) bond motifs is 1. The van der Waals surface area contributed by atoms with Crippen molar-refractivity contribution in [1.82, 2.24) is 15.3 Å². The summed E-state index contributed by atoms with van der Waals surface area (Å²) in [4.78, 5) is 24.2. The number of aromatic nitrogens is 2. The summed E-state index contributed by atoms with van der Waals surface area (Å²) in [5, 5.41) is 6.18. The predicted molar refractivity (Wildman–Crippen MR) is 123 cm³/mol. The fourth-order valence-corrected chi connectivity index (χ4v) is 3.60. The second-order valence-corrected chi connectivity index (χ2v) is 7.82. The smallest absolute Gasteiger partial charge is 0.328 e. The number of pyridine rings is 2. The van der Waals surface area contributed by atoms with Gasteiger partial charge < -0.3 is 5.32 Å². The number of carbonyl (C=O) groups excluding carboxylic acids is 1. The summed E-state index contributed by atoms with van der Waals surface area (Å²) in [5.74, 6) is 1.25. The number of nitrogens with one attached hydrogen (secondary N) is 2. The van der Waals surface area contributed by atoms with E-state index >= 15 is 0 Å². The van der Waals surface area contributed by atoms with Crippen LogP contribution in [-0.2, 0) is 6.42 Å². The highest BCUT2D eigenvalue weighted by atomic mass is 16.2. The molecule has 0 aliphatic carbocycles. The molecule has 158 valence electrons. The molecule has 2 amide bonds. The molecule has 0 saturated carbocycles. The molecular formula is C24H31N5O. The topological polar surface area (TPSA) is 70.2 Å². The molecular weight excluding hydrogens is 374 g/mol. The van der Waals surface area contributed by atoms with Crippen molar-refractivity contribution in [3.63, 3.8) is 0 Å². The van der Waals surface area contributed by atoms with Gasteiger partial charge in [-0.05, 0) is 49.9 Å². The van der Waals surface area contributed by atoms with Crippen LogP contribution in [0.3, 0.4) is 0 Å². The van der Waals surface area contributed by atoms with Gasteiger partial charge in [-0.15, -0.1) is 0 Å². The molecule has 0 saturated heterocycles. The average Bonchev–Trinajstić information content (AvgIpc) is 2.75. The molecule has 1 atom stereocenters. The molecule has 0 radical (unpaired) electrons. The Morgan fingerprint density at radius 3 is 2.80 bits per heavy atom. The van der Waals surface area contributed by atoms with Crippen molar-refractivity contribution in [3.05, 3.63) is 66.5 Å². The van der Waals surface area contributed by atoms with E-state index in [1.54, 1.807) is 12.3 Å². The number of nitrogens with zero attached hydrogens (tertiary/aromatic N) is 3. The summed E-state index contributed by atoms with van der Waals surface area (Å²) < 4.78 is 0. The molecule has 2 aromatic heterocycles. The molecule has 6 heteroatoms. The summed E-state index contributed by atoms with van der Waals surface area (Å²) in [6, 6.07) is 9.41. The van der Waals surface area contributed by atoms with Gasteiger partial charge in [0.15, 0.2) is 0 Å². The maximum absolute atomic E-state index is 13.3. The molecule has 3 heterocycles. The molecule has 0 fully saturated rings. The van der Waals surface area contributed by atoms with Gasteiger partial charge in [-0.1, -0.05) is 50.6 Å². The van der Waals surface area contributed by atoms with Crippen LogP contribution in [0.4, 0.5) is 16.4 Å². The van der Waals surface area contributed by atoms with Crippen molar-refractivity contribution in [3.8, 4) is 0 Å². The standard InChI is InChI=1S/C24H31N5O/c1-5-6-9-20-13-11-19-12-14-21(18(4)26-16-17(2)3)27-23(19)29(20)24(30)28-22-10-7-8-15-25-22/h7-8,10,12,14-15,20,26H,2,4-6,9,11,13,16H2,1,3H3,(H,25,28,30). The third kappa shape index (κ3) is 5.26. The Morgan fingerprint density at radius 1 is 1.27 bits per heavy atom. The first-order valence-corrected chi connectivity index (χ1v) is 10.6. The van der Waals surface area contributed by atoms with E-state index in [4.69, 9.17) is 4.98 Å². The van der Waals surface area contributed by atoms with Crippen molar-refractivity contribution in [2.45, 2.75) is 52.0 Å². The minimum atomic E-state index is -0.194. The lowest BCUT2D eigenvalue weighted by molar-refractivity contribution is 0.252. The van der Waals surface area contributed by atoms with Gasteiger partial charge in [0.25, 0.3) is 0 Å². The second kappa shape index (κ2) is 10.1. The van der Waals surface area contributed by atoms with Crippen molar-refractivity contribution < 1.29 is 4.79 Å². The molecule has 2 N–H and O–H groups in total. The van der Waals surface area contributed by atoms with Gasteiger partial charge in [-0.25, -0.2) is 14.8 Å². The lowest BCUT2D eigenvalue weighted by atomic mass is 9.94. The summed E-state index contributed by atoms with van der Waals surface area (Å²) in [7, 11) is 0. The summed E-state index contributed by atoms with van der Waals surface area (Å²) in [5.41, 5.74) is 3.56. The quantitative estimate of drug-likeness (QED) is 0.596. The van der Waals surface area contributed by atoms with Gasteiger partial charge in [0, 0.05) is 18.8 Å². The van der Waals surface area contributed by atoms with Crippen LogP contribution in [0.25, 0.3) is 5.70 Å². The SMILES string of the molecule is C=C(C)CNC(=C)c1ccc2c(n1)N(C(=O)Nc1ccccn1)C(CCCC)CC2. The van der Waals surface area contributed by atoms with Crippen LogP contribution in [0.5, 0.6) is 0 Å². The number of unbranched alkanes of at least 4 members (excludes halogenated alkanes) is 1. The van der Waals surface area contributed by atoms with Crippen molar-refractivity contribution in [2.24, 2.45) is 0 Å². The Kier molecular flexibility index (Phi) is 7.22. The first-order chi connectivity index (χ1) is 14.5. The molecule has 0 bridgehead atoms. The number of hydrogen-bond donors (Lipinski definition) is 2. The van der Waals surface area contributed by atoms with Gasteiger partial charge in [-0.3, -0.25) is 10.2 Å². The zero-order valence-corrected chi connectivity index (χ0v) is 17.9. The van der Waals surface area contributed by atoms with E-state index in [0.717, 1.165) is 54.6 Å². The molecule has 30 heavy (non-hydrogen) atoms. The minimum Gasteiger partial charge on any atom is -0.380 e. The molecule has 6 nitrogen and oxygen atoms in total. The van der Waals surface area contributed by atoms with Crippen LogP contribution in [0.15, 0.2) is 55.3 Å². The fourth-order valence-electron chi connectivity index (χ4n) is 3.60. The molecule has 1 unspecified atom stereocenters. The Hall–Kier alpha value is -3.15. The molecule has 1 aliphatic rings. The first-order valence-electron chi connectivity index (χ1n) is 10.6. The van der Waals surface area contributed by atoms with Crippen LogP contribution in [0.2, 0.25) is 0 Å². The molecule has 3 rings (SSSR count). The van der Waals surface area contributed by atoms with Gasteiger partial charge in [-0.2, -0.15) is 0 Å². The Labute approximate surface area is 179 Å². The lowest BCUT2D eigenvalue weighted by Crippen LogP contribution is -2.46. The normalized spacial score (nSPS) is 15.3. The van der Waals surface area contributed by atoms with Gasteiger partial charge in [0.1, 0.15) is 11.6 Å². The van der Waals surface area contributed by atoms with E-state index in [1.807, 2.05) is 30.0 Å². The predicted octanol–water partition coefficient (Wildman–Crippen LogP) is 5.16. The Balaban J connectivity index is 1.90. The molecule has 2 aromatic rings. The largest absolute Gasteiger partial charge is 0.380 e. The minimum absolute atomic E-state index is 0.112. The van der Waals surface area contributed by atoms with Gasteiger partial charge in [0.05, 0.1) is 11.4 Å². The molecule has 1 aliphatic heterocycles. The first kappa shape index (κ1) is 21.6. The van der Waals surface area contributed by atoms with E-state index < -0.39 is 0 Å². The number of urea groups is 1. The average molecular weight is 406 g/mol. The highest BCUT2D eigenvalue weighted by molar-refractivity contribution is 6.01. The third-order valence-electron chi connectivity index (χ3n) is 5.22. The monoisotopic (exact) mass is 405 g/mol. The third-order valence-corrected chi connectivity index (χ3v) is 5.22. The van der Waals surface area contributed by atoms with Crippen LogP contribution in [0.1, 0.15) is 50.8 Å². The number of carbonyl (C=O) groups is 1.